The van der Waals surface area contributed by atoms with Crippen LogP contribution in [0.5, 0.6) is 0 Å². The number of likely N-dealkylation sites (tertiary alicyclic amines) is 1. The molecule has 1 aromatic rings. The highest BCUT2D eigenvalue weighted by Crippen LogP contribution is 2.34. The van der Waals surface area contributed by atoms with E-state index in [0.29, 0.717) is 0 Å². The van der Waals surface area contributed by atoms with Gasteiger partial charge in [-0.1, -0.05) is 26.8 Å². The smallest absolute Gasteiger partial charge is 0.219 e. The SMILES string of the molecule is CC(=O)N1CCCC1c1ccc(SC(C)(C)C)nc1. The predicted octanol–water partition coefficient (Wildman–Crippen LogP) is 3.66. The summed E-state index contributed by atoms with van der Waals surface area (Å²) in [5.41, 5.74) is 1.16. The monoisotopic (exact) mass is 278 g/mol. The van der Waals surface area contributed by atoms with Crippen LogP contribution in [0, 0.1) is 0 Å². The molecule has 19 heavy (non-hydrogen) atoms. The van der Waals surface area contributed by atoms with E-state index in [1.54, 1.807) is 18.7 Å². The first-order chi connectivity index (χ1) is 8.87. The van der Waals surface area contributed by atoms with Gasteiger partial charge < -0.3 is 4.90 Å². The number of carbonyl (C=O) groups is 1. The first-order valence-corrected chi connectivity index (χ1v) is 7.60. The van der Waals surface area contributed by atoms with Gasteiger partial charge in [-0.15, -0.1) is 11.8 Å². The third-order valence-electron chi connectivity index (χ3n) is 3.21. The van der Waals surface area contributed by atoms with Crippen LogP contribution in [0.4, 0.5) is 0 Å². The minimum Gasteiger partial charge on any atom is -0.336 e. The fourth-order valence-corrected chi connectivity index (χ4v) is 3.32. The van der Waals surface area contributed by atoms with Crippen molar-refractivity contribution in [2.45, 2.75) is 56.4 Å². The normalized spacial score (nSPS) is 19.8. The van der Waals surface area contributed by atoms with Gasteiger partial charge in [0.2, 0.25) is 5.91 Å². The molecule has 1 amide bonds. The quantitative estimate of drug-likeness (QED) is 0.774. The van der Waals surface area contributed by atoms with Crippen molar-refractivity contribution in [3.05, 3.63) is 23.9 Å². The molecule has 1 saturated heterocycles. The number of pyridine rings is 1. The van der Waals surface area contributed by atoms with E-state index in [0.717, 1.165) is 30.0 Å². The third-order valence-corrected chi connectivity index (χ3v) is 4.28. The zero-order valence-corrected chi connectivity index (χ0v) is 13.0. The van der Waals surface area contributed by atoms with E-state index in [4.69, 9.17) is 0 Å². The molecule has 104 valence electrons. The molecule has 2 rings (SSSR count). The molecule has 0 radical (unpaired) electrons. The van der Waals surface area contributed by atoms with Crippen LogP contribution in [0.1, 0.15) is 52.1 Å². The molecule has 1 unspecified atom stereocenters. The second-order valence-corrected chi connectivity index (χ2v) is 7.86. The first-order valence-electron chi connectivity index (χ1n) is 6.79. The van der Waals surface area contributed by atoms with E-state index < -0.39 is 0 Å². The maximum absolute atomic E-state index is 11.6. The Bertz CT molecular complexity index is 450. The molecule has 0 N–H and O–H groups in total. The Labute approximate surface area is 119 Å². The van der Waals surface area contributed by atoms with Crippen molar-refractivity contribution in [1.82, 2.24) is 9.88 Å². The zero-order chi connectivity index (χ0) is 14.0. The van der Waals surface area contributed by atoms with Crippen LogP contribution in [0.3, 0.4) is 0 Å². The van der Waals surface area contributed by atoms with E-state index in [1.165, 1.54) is 0 Å². The second-order valence-electron chi connectivity index (χ2n) is 6.01. The van der Waals surface area contributed by atoms with Gasteiger partial charge in [0.25, 0.3) is 0 Å². The molecule has 0 aliphatic carbocycles. The van der Waals surface area contributed by atoms with Gasteiger partial charge in [0, 0.05) is 24.4 Å². The van der Waals surface area contributed by atoms with Crippen molar-refractivity contribution in [3.63, 3.8) is 0 Å². The number of rotatable bonds is 2. The lowest BCUT2D eigenvalue weighted by atomic mass is 10.1. The lowest BCUT2D eigenvalue weighted by molar-refractivity contribution is -0.129. The summed E-state index contributed by atoms with van der Waals surface area (Å²) < 4.78 is 0.174. The number of amides is 1. The summed E-state index contributed by atoms with van der Waals surface area (Å²) in [6.07, 6.45) is 4.07. The molecule has 1 aliphatic heterocycles. The van der Waals surface area contributed by atoms with Gasteiger partial charge in [0.05, 0.1) is 11.1 Å². The number of thioether (sulfide) groups is 1. The van der Waals surface area contributed by atoms with Gasteiger partial charge in [-0.25, -0.2) is 4.98 Å². The summed E-state index contributed by atoms with van der Waals surface area (Å²) in [5, 5.41) is 1.05. The Morgan fingerprint density at radius 2 is 2.16 bits per heavy atom. The number of nitrogens with zero attached hydrogens (tertiary/aromatic N) is 2. The molecule has 0 spiro atoms. The number of hydrogen-bond donors (Lipinski definition) is 0. The molecule has 1 atom stereocenters. The fourth-order valence-electron chi connectivity index (χ4n) is 2.45. The lowest BCUT2D eigenvalue weighted by Gasteiger charge is -2.23. The molecule has 1 aliphatic rings. The van der Waals surface area contributed by atoms with Crippen LogP contribution >= 0.6 is 11.8 Å². The van der Waals surface area contributed by atoms with Gasteiger partial charge in [-0.3, -0.25) is 4.79 Å². The second kappa shape index (κ2) is 5.53. The Balaban J connectivity index is 2.12. The largest absolute Gasteiger partial charge is 0.336 e. The molecule has 0 saturated carbocycles. The van der Waals surface area contributed by atoms with E-state index in [-0.39, 0.29) is 16.7 Å². The van der Waals surface area contributed by atoms with Crippen LogP contribution in [0.2, 0.25) is 0 Å². The molecule has 0 bridgehead atoms. The van der Waals surface area contributed by atoms with Crippen LogP contribution in [0.15, 0.2) is 23.4 Å². The van der Waals surface area contributed by atoms with Gasteiger partial charge in [0.1, 0.15) is 0 Å². The molecule has 4 heteroatoms. The molecule has 1 fully saturated rings. The highest BCUT2D eigenvalue weighted by atomic mass is 32.2. The summed E-state index contributed by atoms with van der Waals surface area (Å²) in [4.78, 5) is 18.1. The molecule has 2 heterocycles. The number of aromatic nitrogens is 1. The molecular weight excluding hydrogens is 256 g/mol. The van der Waals surface area contributed by atoms with Gasteiger partial charge in [-0.2, -0.15) is 0 Å². The Morgan fingerprint density at radius 3 is 2.68 bits per heavy atom. The average Bonchev–Trinajstić information content (AvgIpc) is 2.76. The van der Waals surface area contributed by atoms with E-state index in [2.05, 4.69) is 37.9 Å². The highest BCUT2D eigenvalue weighted by molar-refractivity contribution is 8.00. The maximum atomic E-state index is 11.6. The van der Waals surface area contributed by atoms with Crippen LogP contribution in [-0.4, -0.2) is 27.1 Å². The summed E-state index contributed by atoms with van der Waals surface area (Å²) in [6.45, 7) is 9.07. The summed E-state index contributed by atoms with van der Waals surface area (Å²) in [7, 11) is 0. The van der Waals surface area contributed by atoms with Crippen LogP contribution in [-0.2, 0) is 4.79 Å². The lowest BCUT2D eigenvalue weighted by Crippen LogP contribution is -2.28. The van der Waals surface area contributed by atoms with Crippen molar-refractivity contribution in [3.8, 4) is 0 Å². The predicted molar refractivity (Wildman–Crippen MR) is 79.2 cm³/mol. The van der Waals surface area contributed by atoms with E-state index in [9.17, 15) is 4.79 Å². The first kappa shape index (κ1) is 14.4. The third kappa shape index (κ3) is 3.72. The highest BCUT2D eigenvalue weighted by Gasteiger charge is 2.28. The minimum absolute atomic E-state index is 0.163. The van der Waals surface area contributed by atoms with Crippen molar-refractivity contribution in [2.24, 2.45) is 0 Å². The van der Waals surface area contributed by atoms with Gasteiger partial charge in [-0.05, 0) is 24.5 Å². The van der Waals surface area contributed by atoms with Crippen molar-refractivity contribution in [1.29, 1.82) is 0 Å². The van der Waals surface area contributed by atoms with E-state index >= 15 is 0 Å². The van der Waals surface area contributed by atoms with Crippen LogP contribution < -0.4 is 0 Å². The number of hydrogen-bond acceptors (Lipinski definition) is 3. The Hall–Kier alpha value is -1.03. The van der Waals surface area contributed by atoms with Crippen LogP contribution in [0.25, 0.3) is 0 Å². The molecule has 0 aromatic carbocycles. The topological polar surface area (TPSA) is 33.2 Å². The van der Waals surface area contributed by atoms with Gasteiger partial charge in [0.15, 0.2) is 0 Å². The molecule has 1 aromatic heterocycles. The van der Waals surface area contributed by atoms with E-state index in [1.807, 2.05) is 11.1 Å². The van der Waals surface area contributed by atoms with Crippen molar-refractivity contribution in [2.75, 3.05) is 6.54 Å². The molecular formula is C15H22N2OS. The van der Waals surface area contributed by atoms with Gasteiger partial charge >= 0.3 is 0 Å². The minimum atomic E-state index is 0.163. The maximum Gasteiger partial charge on any atom is 0.219 e. The summed E-state index contributed by atoms with van der Waals surface area (Å²) in [6, 6.07) is 4.41. The standard InChI is InChI=1S/C15H22N2OS/c1-11(18)17-9-5-6-13(17)12-7-8-14(16-10-12)19-15(2,3)4/h7-8,10,13H,5-6,9H2,1-4H3. The molecule has 3 nitrogen and oxygen atoms in total. The van der Waals surface area contributed by atoms with Crippen molar-refractivity contribution < 1.29 is 4.79 Å². The zero-order valence-electron chi connectivity index (χ0n) is 12.1. The Kier molecular flexibility index (Phi) is 4.19. The van der Waals surface area contributed by atoms with Crippen molar-refractivity contribution >= 4 is 17.7 Å². The average molecular weight is 278 g/mol. The number of carbonyl (C=O) groups excluding carboxylic acids is 1. The summed E-state index contributed by atoms with van der Waals surface area (Å²) >= 11 is 1.77. The Morgan fingerprint density at radius 1 is 1.42 bits per heavy atom. The summed E-state index contributed by atoms with van der Waals surface area (Å²) in [5.74, 6) is 0.163. The fraction of sp³-hybridized carbons (Fsp3) is 0.600.